The van der Waals surface area contributed by atoms with Crippen molar-refractivity contribution in [3.63, 3.8) is 0 Å². The molecule has 0 radical (unpaired) electrons. The first-order valence-electron chi connectivity index (χ1n) is 12.6. The fourth-order valence-corrected chi connectivity index (χ4v) is 6.90. The van der Waals surface area contributed by atoms with Crippen molar-refractivity contribution < 1.29 is 17.9 Å². The molecule has 5 rings (SSSR count). The van der Waals surface area contributed by atoms with E-state index in [4.69, 9.17) is 21.3 Å². The molecule has 0 fully saturated rings. The predicted molar refractivity (Wildman–Crippen MR) is 156 cm³/mol. The van der Waals surface area contributed by atoms with E-state index in [-0.39, 0.29) is 21.9 Å². The zero-order valence-electron chi connectivity index (χ0n) is 22.4. The first kappa shape index (κ1) is 28.2. The topological polar surface area (TPSA) is 114 Å². The van der Waals surface area contributed by atoms with Gasteiger partial charge >= 0.3 is 0 Å². The van der Waals surface area contributed by atoms with E-state index in [9.17, 15) is 13.2 Å². The van der Waals surface area contributed by atoms with E-state index in [2.05, 4.69) is 15.3 Å². The Morgan fingerprint density at radius 2 is 1.88 bits per heavy atom. The number of halogens is 1. The number of thiazole rings is 1. The molecule has 3 heterocycles. The summed E-state index contributed by atoms with van der Waals surface area (Å²) in [7, 11) is 1.11. The number of pyridine rings is 2. The molecule has 40 heavy (non-hydrogen) atoms. The van der Waals surface area contributed by atoms with Crippen LogP contribution in [0.1, 0.15) is 44.5 Å². The number of hydrogen-bond donors (Lipinski definition) is 1. The summed E-state index contributed by atoms with van der Waals surface area (Å²) in [6.07, 6.45) is 5.49. The lowest BCUT2D eigenvalue weighted by Gasteiger charge is -2.22. The maximum atomic E-state index is 13.4. The van der Waals surface area contributed by atoms with Crippen molar-refractivity contribution in [2.24, 2.45) is 0 Å². The number of fused-ring (bicyclic) bond motifs is 1. The Morgan fingerprint density at radius 3 is 2.58 bits per heavy atom. The van der Waals surface area contributed by atoms with Crippen molar-refractivity contribution in [3.8, 4) is 16.9 Å². The summed E-state index contributed by atoms with van der Waals surface area (Å²) in [6.45, 7) is 1.85. The minimum Gasteiger partial charge on any atom is -0.494 e. The van der Waals surface area contributed by atoms with E-state index >= 15 is 0 Å². The maximum Gasteiger partial charge on any atom is 0.259 e. The molecule has 1 amide bonds. The number of benzene rings is 1. The van der Waals surface area contributed by atoms with Crippen LogP contribution >= 0.6 is 22.9 Å². The van der Waals surface area contributed by atoms with E-state index in [1.807, 2.05) is 25.1 Å². The zero-order valence-corrected chi connectivity index (χ0v) is 24.8. The molecular formula is C28H28ClN5O4S2. The number of carbonyl (C=O) groups excluding carboxylic acids is 1. The van der Waals surface area contributed by atoms with Crippen LogP contribution in [-0.4, -0.2) is 54.8 Å². The second-order valence-electron chi connectivity index (χ2n) is 9.72. The number of methoxy groups -OCH3 is 1. The van der Waals surface area contributed by atoms with Crippen molar-refractivity contribution in [2.45, 2.75) is 37.0 Å². The van der Waals surface area contributed by atoms with Gasteiger partial charge in [-0.3, -0.25) is 15.1 Å². The first-order chi connectivity index (χ1) is 19.1. The highest BCUT2D eigenvalue weighted by atomic mass is 35.5. The highest BCUT2D eigenvalue weighted by molar-refractivity contribution is 7.89. The van der Waals surface area contributed by atoms with Crippen LogP contribution < -0.4 is 10.1 Å². The van der Waals surface area contributed by atoms with Crippen LogP contribution in [-0.2, 0) is 22.9 Å². The Kier molecular flexibility index (Phi) is 7.92. The highest BCUT2D eigenvalue weighted by Gasteiger charge is 2.26. The molecular weight excluding hydrogens is 570 g/mol. The van der Waals surface area contributed by atoms with Crippen LogP contribution in [0.5, 0.6) is 5.75 Å². The standard InChI is InChI=1S/C28H28ClN5O4S2/c1-16-11-20(21-13-26(29)31-15-24(21)38-4)22(14-30-16)27(35)33-28-32-23-10-7-18(12-25(23)39-28)17-5-8-19(9-6-17)40(36,37)34(2)3/h5-6,8-9,11,13-15,18H,7,10,12H2,1-4H3,(H,32,33,35). The molecule has 4 aromatic rings. The molecule has 1 N–H and O–H groups in total. The first-order valence-corrected chi connectivity index (χ1v) is 15.2. The van der Waals surface area contributed by atoms with Crippen LogP contribution in [0.25, 0.3) is 11.1 Å². The van der Waals surface area contributed by atoms with Gasteiger partial charge < -0.3 is 4.74 Å². The van der Waals surface area contributed by atoms with Gasteiger partial charge in [-0.15, -0.1) is 11.3 Å². The lowest BCUT2D eigenvalue weighted by atomic mass is 9.85. The third-order valence-electron chi connectivity index (χ3n) is 6.92. The van der Waals surface area contributed by atoms with Crippen LogP contribution in [0.4, 0.5) is 5.13 Å². The van der Waals surface area contributed by atoms with Gasteiger partial charge in [0.25, 0.3) is 5.91 Å². The number of ether oxygens (including phenoxy) is 1. The van der Waals surface area contributed by atoms with E-state index in [1.54, 1.807) is 18.2 Å². The Bertz CT molecular complexity index is 1690. The van der Waals surface area contributed by atoms with Gasteiger partial charge in [0, 0.05) is 42.0 Å². The minimum atomic E-state index is -3.47. The monoisotopic (exact) mass is 597 g/mol. The third-order valence-corrected chi connectivity index (χ3v) is 9.99. The number of aryl methyl sites for hydroxylation is 2. The van der Waals surface area contributed by atoms with E-state index in [0.29, 0.717) is 27.6 Å². The Labute approximate surface area is 242 Å². The molecule has 1 aliphatic rings. The van der Waals surface area contributed by atoms with Crippen molar-refractivity contribution >= 4 is 44.0 Å². The molecule has 1 aliphatic carbocycles. The van der Waals surface area contributed by atoms with Gasteiger partial charge in [0.1, 0.15) is 10.9 Å². The molecule has 0 saturated carbocycles. The highest BCUT2D eigenvalue weighted by Crippen LogP contribution is 2.38. The predicted octanol–water partition coefficient (Wildman–Crippen LogP) is 5.35. The van der Waals surface area contributed by atoms with Gasteiger partial charge in [-0.25, -0.2) is 22.7 Å². The third kappa shape index (κ3) is 5.60. The van der Waals surface area contributed by atoms with Gasteiger partial charge in [0.05, 0.1) is 29.5 Å². The van der Waals surface area contributed by atoms with Gasteiger partial charge in [-0.05, 0) is 61.9 Å². The maximum absolute atomic E-state index is 13.4. The quantitative estimate of drug-likeness (QED) is 0.286. The van der Waals surface area contributed by atoms with Gasteiger partial charge in [-0.2, -0.15) is 0 Å². The fourth-order valence-electron chi connectivity index (χ4n) is 4.75. The molecule has 0 spiro atoms. The molecule has 0 aliphatic heterocycles. The minimum absolute atomic E-state index is 0.240. The fraction of sp³-hybridized carbons (Fsp3) is 0.286. The lowest BCUT2D eigenvalue weighted by molar-refractivity contribution is 0.102. The van der Waals surface area contributed by atoms with Crippen LogP contribution in [0.15, 0.2) is 53.7 Å². The molecule has 12 heteroatoms. The largest absolute Gasteiger partial charge is 0.494 e. The van der Waals surface area contributed by atoms with Gasteiger partial charge in [0.15, 0.2) is 5.13 Å². The Hall–Kier alpha value is -3.38. The van der Waals surface area contributed by atoms with Gasteiger partial charge in [-0.1, -0.05) is 23.7 Å². The number of rotatable bonds is 7. The number of anilines is 1. The number of nitrogens with zero attached hydrogens (tertiary/aromatic N) is 4. The van der Waals surface area contributed by atoms with E-state index < -0.39 is 10.0 Å². The molecule has 208 valence electrons. The SMILES string of the molecule is COc1cnc(Cl)cc1-c1cc(C)ncc1C(=O)Nc1nc2c(s1)CC(c1ccc(S(=O)(=O)N(C)C)cc1)CC2. The van der Waals surface area contributed by atoms with E-state index in [1.165, 1.54) is 49.2 Å². The summed E-state index contributed by atoms with van der Waals surface area (Å²) in [5.74, 6) is 0.398. The number of hydrogen-bond acceptors (Lipinski definition) is 8. The van der Waals surface area contributed by atoms with Crippen LogP contribution in [0.2, 0.25) is 5.15 Å². The van der Waals surface area contributed by atoms with E-state index in [0.717, 1.165) is 41.1 Å². The summed E-state index contributed by atoms with van der Waals surface area (Å²) >= 11 is 7.62. The van der Waals surface area contributed by atoms with Crippen molar-refractivity contribution in [2.75, 3.05) is 26.5 Å². The second-order valence-corrected chi connectivity index (χ2v) is 13.3. The second kappa shape index (κ2) is 11.2. The molecule has 3 aromatic heterocycles. The average Bonchev–Trinajstić information content (AvgIpc) is 3.34. The molecule has 0 bridgehead atoms. The number of sulfonamides is 1. The summed E-state index contributed by atoms with van der Waals surface area (Å²) < 4.78 is 31.5. The number of amides is 1. The van der Waals surface area contributed by atoms with Crippen molar-refractivity contribution in [1.29, 1.82) is 0 Å². The summed E-state index contributed by atoms with van der Waals surface area (Å²) in [5.41, 5.74) is 4.45. The lowest BCUT2D eigenvalue weighted by Crippen LogP contribution is -2.22. The molecule has 1 atom stereocenters. The number of carbonyl (C=O) groups is 1. The van der Waals surface area contributed by atoms with Crippen molar-refractivity contribution in [3.05, 3.63) is 81.3 Å². The summed E-state index contributed by atoms with van der Waals surface area (Å²) in [5, 5.41) is 3.76. The summed E-state index contributed by atoms with van der Waals surface area (Å²) in [4.78, 5) is 27.9. The van der Waals surface area contributed by atoms with Crippen molar-refractivity contribution in [1.82, 2.24) is 19.3 Å². The zero-order chi connectivity index (χ0) is 28.6. The molecule has 9 nitrogen and oxygen atoms in total. The normalized spacial score (nSPS) is 15.1. The van der Waals surface area contributed by atoms with Crippen LogP contribution in [0, 0.1) is 6.92 Å². The van der Waals surface area contributed by atoms with Gasteiger partial charge in [0.2, 0.25) is 10.0 Å². The smallest absolute Gasteiger partial charge is 0.259 e. The van der Waals surface area contributed by atoms with Crippen LogP contribution in [0.3, 0.4) is 0 Å². The average molecular weight is 598 g/mol. The molecule has 0 saturated heterocycles. The number of aromatic nitrogens is 3. The molecule has 1 unspecified atom stereocenters. The Morgan fingerprint density at radius 1 is 1.12 bits per heavy atom. The molecule has 1 aromatic carbocycles. The summed E-state index contributed by atoms with van der Waals surface area (Å²) in [6, 6.07) is 10.6. The number of nitrogens with one attached hydrogen (secondary N) is 1. The Balaban J connectivity index is 1.36.